The van der Waals surface area contributed by atoms with Gasteiger partial charge in [-0.1, -0.05) is 30.3 Å². The van der Waals surface area contributed by atoms with E-state index in [1.54, 1.807) is 10.9 Å². The maximum atomic E-state index is 13.1. The Morgan fingerprint density at radius 3 is 2.29 bits per heavy atom. The van der Waals surface area contributed by atoms with Gasteiger partial charge in [-0.15, -0.1) is 0 Å². The van der Waals surface area contributed by atoms with Crippen LogP contribution in [0.15, 0.2) is 73.1 Å². The number of aromatic nitrogens is 2. The average molecular weight is 415 g/mol. The Bertz CT molecular complexity index is 1030. The summed E-state index contributed by atoms with van der Waals surface area (Å²) in [5.41, 5.74) is 2.63. The molecular formula is C25H25N3O3. The van der Waals surface area contributed by atoms with E-state index in [9.17, 15) is 9.59 Å². The third-order valence-electron chi connectivity index (χ3n) is 6.44. The van der Waals surface area contributed by atoms with Crippen LogP contribution in [-0.4, -0.2) is 38.6 Å². The molecule has 2 bridgehead atoms. The molecule has 6 heteroatoms. The second kappa shape index (κ2) is 8.38. The molecule has 2 aliphatic heterocycles. The van der Waals surface area contributed by atoms with Gasteiger partial charge in [0.05, 0.1) is 5.69 Å². The van der Waals surface area contributed by atoms with Crippen molar-refractivity contribution >= 4 is 11.9 Å². The minimum atomic E-state index is -0.258. The molecule has 5 rings (SSSR count). The Hall–Kier alpha value is -3.41. The normalized spacial score (nSPS) is 22.3. The van der Waals surface area contributed by atoms with Crippen molar-refractivity contribution in [1.29, 1.82) is 0 Å². The third kappa shape index (κ3) is 3.98. The molecule has 1 amide bonds. The zero-order valence-corrected chi connectivity index (χ0v) is 17.3. The second-order valence-corrected chi connectivity index (χ2v) is 8.36. The number of hydrogen-bond acceptors (Lipinski definition) is 4. The molecule has 0 aliphatic carbocycles. The summed E-state index contributed by atoms with van der Waals surface area (Å²) >= 11 is 0. The summed E-state index contributed by atoms with van der Waals surface area (Å²) in [6.07, 6.45) is 6.63. The first kappa shape index (κ1) is 19.5. The highest BCUT2D eigenvalue weighted by atomic mass is 16.6. The molecule has 2 fully saturated rings. The van der Waals surface area contributed by atoms with Crippen molar-refractivity contribution in [2.75, 3.05) is 0 Å². The summed E-state index contributed by atoms with van der Waals surface area (Å²) in [6.45, 7) is 0.278. The fraction of sp³-hybridized carbons (Fsp3) is 0.320. The Morgan fingerprint density at radius 2 is 1.65 bits per heavy atom. The van der Waals surface area contributed by atoms with Crippen LogP contribution in [0.4, 0.5) is 4.79 Å². The molecule has 0 N–H and O–H groups in total. The average Bonchev–Trinajstić information content (AvgIpc) is 3.44. The lowest BCUT2D eigenvalue weighted by molar-refractivity contribution is 0.0485. The fourth-order valence-corrected chi connectivity index (χ4v) is 4.92. The first-order chi connectivity index (χ1) is 15.2. The lowest BCUT2D eigenvalue weighted by Crippen LogP contribution is -2.48. The maximum Gasteiger partial charge on any atom is 0.410 e. The number of rotatable bonds is 5. The van der Waals surface area contributed by atoms with Gasteiger partial charge in [0.2, 0.25) is 0 Å². The number of carbonyl (C=O) groups is 2. The lowest BCUT2D eigenvalue weighted by Gasteiger charge is -2.37. The van der Waals surface area contributed by atoms with Crippen molar-refractivity contribution < 1.29 is 14.3 Å². The van der Waals surface area contributed by atoms with E-state index < -0.39 is 0 Å². The molecule has 6 nitrogen and oxygen atoms in total. The van der Waals surface area contributed by atoms with E-state index >= 15 is 0 Å². The Balaban J connectivity index is 1.22. The molecule has 2 aromatic carbocycles. The zero-order chi connectivity index (χ0) is 21.2. The van der Waals surface area contributed by atoms with Crippen LogP contribution in [0.2, 0.25) is 0 Å². The zero-order valence-electron chi connectivity index (χ0n) is 17.3. The van der Waals surface area contributed by atoms with Crippen molar-refractivity contribution in [2.45, 2.75) is 44.4 Å². The molecule has 158 valence electrons. The topological polar surface area (TPSA) is 64.4 Å². The maximum absolute atomic E-state index is 13.1. The number of fused-ring (bicyclic) bond motifs is 2. The number of Topliss-reactive ketones (excluding diaryl/α,β-unsaturated/α-hetero) is 1. The smallest absolute Gasteiger partial charge is 0.410 e. The lowest BCUT2D eigenvalue weighted by atomic mass is 9.85. The highest BCUT2D eigenvalue weighted by Crippen LogP contribution is 2.40. The highest BCUT2D eigenvalue weighted by Gasteiger charge is 2.45. The molecule has 0 spiro atoms. The molecule has 3 heterocycles. The summed E-state index contributed by atoms with van der Waals surface area (Å²) in [5, 5.41) is 4.22. The molecule has 3 aromatic rings. The summed E-state index contributed by atoms with van der Waals surface area (Å²) in [7, 11) is 0. The van der Waals surface area contributed by atoms with Gasteiger partial charge in [0.25, 0.3) is 0 Å². The standard InChI is InChI=1S/C25H25N3O3/c29-24(19-7-9-21(10-8-19)27-14-4-13-26-27)20-15-22-11-12-23(16-20)28(22)25(30)31-17-18-5-2-1-3-6-18/h1-10,13-14,20,22-23H,11-12,15-17H2. The van der Waals surface area contributed by atoms with E-state index in [0.717, 1.165) is 29.7 Å². The molecule has 0 radical (unpaired) electrons. The van der Waals surface area contributed by atoms with Crippen molar-refractivity contribution in [3.8, 4) is 5.69 Å². The molecule has 31 heavy (non-hydrogen) atoms. The third-order valence-corrected chi connectivity index (χ3v) is 6.44. The first-order valence-corrected chi connectivity index (χ1v) is 10.8. The van der Waals surface area contributed by atoms with Crippen LogP contribution in [0.3, 0.4) is 0 Å². The quantitative estimate of drug-likeness (QED) is 0.570. The van der Waals surface area contributed by atoms with Crippen LogP contribution in [0.25, 0.3) is 5.69 Å². The molecule has 0 saturated carbocycles. The Morgan fingerprint density at radius 1 is 0.935 bits per heavy atom. The predicted octanol–water partition coefficient (Wildman–Crippen LogP) is 4.63. The molecule has 1 aromatic heterocycles. The Kier molecular flexibility index (Phi) is 5.28. The number of amides is 1. The largest absolute Gasteiger partial charge is 0.445 e. The monoisotopic (exact) mass is 415 g/mol. The second-order valence-electron chi connectivity index (χ2n) is 8.36. The number of ether oxygens (including phenoxy) is 1. The number of hydrogen-bond donors (Lipinski definition) is 0. The summed E-state index contributed by atoms with van der Waals surface area (Å²) in [4.78, 5) is 27.8. The van der Waals surface area contributed by atoms with Crippen LogP contribution in [0.5, 0.6) is 0 Å². The van der Waals surface area contributed by atoms with Gasteiger partial charge in [0.1, 0.15) is 6.61 Å². The van der Waals surface area contributed by atoms with Crippen molar-refractivity contribution in [3.05, 3.63) is 84.2 Å². The summed E-state index contributed by atoms with van der Waals surface area (Å²) in [6, 6.07) is 19.3. The molecule has 2 aliphatic rings. The van der Waals surface area contributed by atoms with Crippen LogP contribution < -0.4 is 0 Å². The summed E-state index contributed by atoms with van der Waals surface area (Å²) < 4.78 is 7.34. The van der Waals surface area contributed by atoms with Gasteiger partial charge in [-0.3, -0.25) is 4.79 Å². The Labute approximate surface area is 181 Å². The predicted molar refractivity (Wildman–Crippen MR) is 116 cm³/mol. The number of benzene rings is 2. The van der Waals surface area contributed by atoms with E-state index in [-0.39, 0.29) is 36.5 Å². The number of carbonyl (C=O) groups excluding carboxylic acids is 2. The minimum Gasteiger partial charge on any atom is -0.445 e. The van der Waals surface area contributed by atoms with Crippen LogP contribution in [0.1, 0.15) is 41.6 Å². The van der Waals surface area contributed by atoms with Crippen molar-refractivity contribution in [3.63, 3.8) is 0 Å². The number of nitrogens with zero attached hydrogens (tertiary/aromatic N) is 3. The van der Waals surface area contributed by atoms with Gasteiger partial charge in [-0.25, -0.2) is 9.48 Å². The van der Waals surface area contributed by atoms with E-state index in [0.29, 0.717) is 12.8 Å². The summed E-state index contributed by atoms with van der Waals surface area (Å²) in [5.74, 6) is 0.118. The van der Waals surface area contributed by atoms with Crippen LogP contribution >= 0.6 is 0 Å². The van der Waals surface area contributed by atoms with Crippen molar-refractivity contribution in [1.82, 2.24) is 14.7 Å². The van der Waals surface area contributed by atoms with E-state index in [1.165, 1.54) is 0 Å². The molecule has 2 saturated heterocycles. The van der Waals surface area contributed by atoms with E-state index in [2.05, 4.69) is 5.10 Å². The van der Waals surface area contributed by atoms with Crippen LogP contribution in [-0.2, 0) is 11.3 Å². The highest BCUT2D eigenvalue weighted by molar-refractivity contribution is 5.98. The van der Waals surface area contributed by atoms with Gasteiger partial charge >= 0.3 is 6.09 Å². The SMILES string of the molecule is O=C(c1ccc(-n2cccn2)cc1)C1CC2CCC(C1)N2C(=O)OCc1ccccc1. The first-order valence-electron chi connectivity index (χ1n) is 10.8. The number of ketones is 1. The number of piperidine rings is 1. The van der Waals surface area contributed by atoms with Gasteiger partial charge in [-0.2, -0.15) is 5.10 Å². The molecule has 2 unspecified atom stereocenters. The van der Waals surface area contributed by atoms with Gasteiger partial charge in [-0.05, 0) is 61.6 Å². The molecule has 2 atom stereocenters. The van der Waals surface area contributed by atoms with Gasteiger partial charge in [0, 0.05) is 36.0 Å². The van der Waals surface area contributed by atoms with E-state index in [1.807, 2.05) is 71.8 Å². The van der Waals surface area contributed by atoms with Crippen LogP contribution in [0, 0.1) is 5.92 Å². The minimum absolute atomic E-state index is 0.0498. The molecular weight excluding hydrogens is 390 g/mol. The van der Waals surface area contributed by atoms with E-state index in [4.69, 9.17) is 4.74 Å². The van der Waals surface area contributed by atoms with Crippen molar-refractivity contribution in [2.24, 2.45) is 5.92 Å². The van der Waals surface area contributed by atoms with Gasteiger partial charge in [0.15, 0.2) is 5.78 Å². The van der Waals surface area contributed by atoms with Gasteiger partial charge < -0.3 is 9.64 Å². The fourth-order valence-electron chi connectivity index (χ4n) is 4.92.